The summed E-state index contributed by atoms with van der Waals surface area (Å²) in [6, 6.07) is 12.8. The van der Waals surface area contributed by atoms with Crippen LogP contribution in [-0.2, 0) is 16.1 Å². The van der Waals surface area contributed by atoms with Crippen molar-refractivity contribution >= 4 is 30.1 Å². The van der Waals surface area contributed by atoms with Gasteiger partial charge in [0.25, 0.3) is 5.91 Å². The van der Waals surface area contributed by atoms with Crippen LogP contribution in [0, 0.1) is 5.92 Å². The lowest BCUT2D eigenvalue weighted by molar-refractivity contribution is -0.190. The van der Waals surface area contributed by atoms with E-state index in [-0.39, 0.29) is 37.1 Å². The average Bonchev–Trinajstić information content (AvgIpc) is 3.02. The number of benzene rings is 2. The molecule has 2 heterocycles. The van der Waals surface area contributed by atoms with Gasteiger partial charge in [0.15, 0.2) is 0 Å². The van der Waals surface area contributed by atoms with E-state index in [1.165, 1.54) is 0 Å². The summed E-state index contributed by atoms with van der Waals surface area (Å²) in [7, 11) is 1.56. The Bertz CT molecular complexity index is 1330. The van der Waals surface area contributed by atoms with E-state index in [4.69, 9.17) is 4.74 Å². The maximum absolute atomic E-state index is 13.7. The molecule has 3 N–H and O–H groups in total. The zero-order chi connectivity index (χ0) is 31.5. The molecule has 0 unspecified atom stereocenters. The summed E-state index contributed by atoms with van der Waals surface area (Å²) >= 11 is 0. The number of hydrogen-bond acceptors (Lipinski definition) is 6. The second-order valence-corrected chi connectivity index (χ2v) is 12.0. The molecule has 3 aliphatic rings. The number of alkyl halides is 3. The van der Waals surface area contributed by atoms with Crippen molar-refractivity contribution in [2.45, 2.75) is 75.4 Å². The molecule has 2 aromatic rings. The van der Waals surface area contributed by atoms with Crippen LogP contribution < -0.4 is 15.4 Å². The van der Waals surface area contributed by atoms with Crippen LogP contribution in [0.3, 0.4) is 0 Å². The molecule has 1 spiro atoms. The fourth-order valence-corrected chi connectivity index (χ4v) is 6.68. The van der Waals surface area contributed by atoms with Crippen molar-refractivity contribution in [2.24, 2.45) is 5.92 Å². The Kier molecular flexibility index (Phi) is 11.0. The number of likely N-dealkylation sites (tertiary alicyclic amines) is 1. The van der Waals surface area contributed by atoms with Crippen LogP contribution in [-0.4, -0.2) is 83.2 Å². The van der Waals surface area contributed by atoms with Crippen molar-refractivity contribution in [2.75, 3.05) is 26.7 Å². The summed E-state index contributed by atoms with van der Waals surface area (Å²) in [6.07, 6.45) is -1.65. The lowest BCUT2D eigenvalue weighted by Gasteiger charge is -2.52. The molecule has 1 saturated carbocycles. The zero-order valence-corrected chi connectivity index (χ0v) is 26.0. The summed E-state index contributed by atoms with van der Waals surface area (Å²) in [5.41, 5.74) is -0.140. The Morgan fingerprint density at radius 2 is 1.60 bits per heavy atom. The number of piperazine rings is 1. The standard InChI is InChI=1S/C32H39F3N4O5.ClH/c1-36-28(41)23-9-13-25(14-10-23)44-24-11-7-21(8-12-24)19-38-17-15-31(16-18-38)30(43)37-26(27(40)22-5-3-2-4-6-22)29(42)39(31)20-32(33,34)35;/h7-14,22,26-27,40H,2-6,15-20H2,1H3,(H,36,41)(H,37,43);1H/t26-,27-;/m1./s1. The number of piperidine rings is 1. The number of hydrogen-bond donors (Lipinski definition) is 3. The van der Waals surface area contributed by atoms with E-state index < -0.39 is 42.2 Å². The molecule has 5 rings (SSSR count). The summed E-state index contributed by atoms with van der Waals surface area (Å²) in [5, 5.41) is 16.2. The van der Waals surface area contributed by atoms with E-state index in [0.29, 0.717) is 54.4 Å². The first kappa shape index (κ1) is 34.5. The Balaban J connectivity index is 0.00000461. The van der Waals surface area contributed by atoms with E-state index >= 15 is 0 Å². The summed E-state index contributed by atoms with van der Waals surface area (Å²) in [5.74, 6) is -0.717. The topological polar surface area (TPSA) is 111 Å². The summed E-state index contributed by atoms with van der Waals surface area (Å²) in [6.45, 7) is -0.375. The molecule has 2 saturated heterocycles. The van der Waals surface area contributed by atoms with Gasteiger partial charge >= 0.3 is 6.18 Å². The van der Waals surface area contributed by atoms with Crippen LogP contribution in [0.25, 0.3) is 0 Å². The number of nitrogens with zero attached hydrogens (tertiary/aromatic N) is 2. The van der Waals surface area contributed by atoms with Crippen molar-refractivity contribution in [3.63, 3.8) is 0 Å². The highest BCUT2D eigenvalue weighted by Crippen LogP contribution is 2.38. The molecule has 3 fully saturated rings. The van der Waals surface area contributed by atoms with Crippen molar-refractivity contribution in [3.8, 4) is 11.5 Å². The van der Waals surface area contributed by atoms with Crippen molar-refractivity contribution < 1.29 is 37.4 Å². The molecule has 0 aromatic heterocycles. The minimum Gasteiger partial charge on any atom is -0.457 e. The second-order valence-electron chi connectivity index (χ2n) is 12.0. The van der Waals surface area contributed by atoms with E-state index in [0.717, 1.165) is 24.8 Å². The third-order valence-electron chi connectivity index (χ3n) is 9.16. The highest BCUT2D eigenvalue weighted by Gasteiger charge is 2.57. The van der Waals surface area contributed by atoms with Crippen LogP contribution in [0.15, 0.2) is 48.5 Å². The Morgan fingerprint density at radius 3 is 2.16 bits per heavy atom. The molecule has 246 valence electrons. The van der Waals surface area contributed by atoms with Gasteiger partial charge in [-0.15, -0.1) is 12.4 Å². The van der Waals surface area contributed by atoms with Crippen molar-refractivity contribution in [3.05, 3.63) is 59.7 Å². The monoisotopic (exact) mass is 652 g/mol. The summed E-state index contributed by atoms with van der Waals surface area (Å²) in [4.78, 5) is 41.5. The third kappa shape index (κ3) is 7.90. The number of amides is 3. The first-order valence-electron chi connectivity index (χ1n) is 15.2. The Labute approximate surface area is 266 Å². The largest absolute Gasteiger partial charge is 0.457 e. The first-order valence-corrected chi connectivity index (χ1v) is 15.2. The predicted molar refractivity (Wildman–Crippen MR) is 163 cm³/mol. The first-order chi connectivity index (χ1) is 21.0. The summed E-state index contributed by atoms with van der Waals surface area (Å²) < 4.78 is 47.1. The van der Waals surface area contributed by atoms with Gasteiger partial charge in [-0.25, -0.2) is 0 Å². The van der Waals surface area contributed by atoms with Crippen LogP contribution in [0.4, 0.5) is 13.2 Å². The van der Waals surface area contributed by atoms with Crippen molar-refractivity contribution in [1.29, 1.82) is 0 Å². The normalized spacial score (nSPS) is 21.5. The van der Waals surface area contributed by atoms with E-state index in [1.54, 1.807) is 31.3 Å². The number of carbonyl (C=O) groups is 3. The number of halogens is 4. The zero-order valence-electron chi connectivity index (χ0n) is 25.1. The fourth-order valence-electron chi connectivity index (χ4n) is 6.68. The van der Waals surface area contributed by atoms with Gasteiger partial charge in [-0.3, -0.25) is 19.3 Å². The van der Waals surface area contributed by atoms with E-state index in [1.807, 2.05) is 29.2 Å². The van der Waals surface area contributed by atoms with Gasteiger partial charge in [0.2, 0.25) is 11.8 Å². The van der Waals surface area contributed by atoms with Gasteiger partial charge in [-0.05, 0) is 73.6 Å². The fraction of sp³-hybridized carbons (Fsp3) is 0.531. The van der Waals surface area contributed by atoms with Gasteiger partial charge < -0.3 is 25.4 Å². The maximum Gasteiger partial charge on any atom is 0.406 e. The molecule has 2 aliphatic heterocycles. The molecule has 45 heavy (non-hydrogen) atoms. The SMILES string of the molecule is CNC(=O)c1ccc(Oc2ccc(CN3CCC4(CC3)C(=O)N[C@H]([C@H](O)C3CCCCC3)C(=O)N4CC(F)(F)F)cc2)cc1.Cl. The van der Waals surface area contributed by atoms with Gasteiger partial charge in [-0.1, -0.05) is 31.4 Å². The number of carbonyl (C=O) groups excluding carboxylic acids is 3. The quantitative estimate of drug-likeness (QED) is 0.389. The van der Waals surface area contributed by atoms with E-state index in [9.17, 15) is 32.7 Å². The molecule has 3 amide bonds. The minimum atomic E-state index is -4.69. The minimum absolute atomic E-state index is 0. The van der Waals surface area contributed by atoms with Crippen LogP contribution >= 0.6 is 12.4 Å². The second kappa shape index (κ2) is 14.4. The molecule has 0 bridgehead atoms. The van der Waals surface area contributed by atoms with E-state index in [2.05, 4.69) is 10.6 Å². The molecule has 13 heteroatoms. The lowest BCUT2D eigenvalue weighted by atomic mass is 9.78. The molecule has 2 aromatic carbocycles. The number of aliphatic hydroxyl groups is 1. The lowest BCUT2D eigenvalue weighted by Crippen LogP contribution is -2.75. The molecule has 1 aliphatic carbocycles. The van der Waals surface area contributed by atoms with Gasteiger partial charge in [0, 0.05) is 32.2 Å². The van der Waals surface area contributed by atoms with Crippen LogP contribution in [0.5, 0.6) is 11.5 Å². The number of ether oxygens (including phenoxy) is 1. The Hall–Kier alpha value is -3.35. The highest BCUT2D eigenvalue weighted by atomic mass is 35.5. The Morgan fingerprint density at radius 1 is 1.02 bits per heavy atom. The molecule has 0 radical (unpaired) electrons. The van der Waals surface area contributed by atoms with Gasteiger partial charge in [0.05, 0.1) is 6.10 Å². The average molecular weight is 653 g/mol. The molecular formula is C32H40ClF3N4O5. The van der Waals surface area contributed by atoms with Crippen LogP contribution in [0.2, 0.25) is 0 Å². The third-order valence-corrected chi connectivity index (χ3v) is 9.16. The number of nitrogens with one attached hydrogen (secondary N) is 2. The highest BCUT2D eigenvalue weighted by molar-refractivity contribution is 6.00. The molecule has 9 nitrogen and oxygen atoms in total. The predicted octanol–water partition coefficient (Wildman–Crippen LogP) is 4.43. The number of rotatable bonds is 8. The number of aliphatic hydroxyl groups excluding tert-OH is 1. The van der Waals surface area contributed by atoms with Crippen LogP contribution in [0.1, 0.15) is 60.9 Å². The smallest absolute Gasteiger partial charge is 0.406 e. The molecular weight excluding hydrogens is 613 g/mol. The van der Waals surface area contributed by atoms with Gasteiger partial charge in [0.1, 0.15) is 29.6 Å². The maximum atomic E-state index is 13.7. The van der Waals surface area contributed by atoms with Gasteiger partial charge in [-0.2, -0.15) is 13.2 Å². The van der Waals surface area contributed by atoms with Crippen molar-refractivity contribution in [1.82, 2.24) is 20.4 Å². The molecule has 2 atom stereocenters.